The van der Waals surface area contributed by atoms with Crippen molar-refractivity contribution in [2.45, 2.75) is 39.0 Å². The predicted octanol–water partition coefficient (Wildman–Crippen LogP) is 3.58. The maximum Gasteiger partial charge on any atom is 0.253 e. The monoisotopic (exact) mass is 441 g/mol. The molecule has 0 amide bonds. The van der Waals surface area contributed by atoms with Crippen LogP contribution in [0.25, 0.3) is 10.9 Å². The minimum Gasteiger partial charge on any atom is -0.494 e. The summed E-state index contributed by atoms with van der Waals surface area (Å²) in [5.41, 5.74) is 1.30. The Kier molecular flexibility index (Phi) is 6.89. The molecule has 164 valence electrons. The maximum absolute atomic E-state index is 12.8. The van der Waals surface area contributed by atoms with Gasteiger partial charge in [0.25, 0.3) is 5.56 Å². The zero-order valence-corrected chi connectivity index (χ0v) is 18.4. The Morgan fingerprint density at radius 2 is 2.26 bits per heavy atom. The zero-order chi connectivity index (χ0) is 21.6. The van der Waals surface area contributed by atoms with Gasteiger partial charge in [0.2, 0.25) is 0 Å². The van der Waals surface area contributed by atoms with E-state index in [2.05, 4.69) is 10.3 Å². The summed E-state index contributed by atoms with van der Waals surface area (Å²) in [4.78, 5) is 17.7. The van der Waals surface area contributed by atoms with Crippen molar-refractivity contribution >= 4 is 28.2 Å². The lowest BCUT2D eigenvalue weighted by atomic mass is 10.1. The number of nitrogens with zero attached hydrogens (tertiary/aromatic N) is 1. The van der Waals surface area contributed by atoms with Crippen LogP contribution in [0.4, 0.5) is 0 Å². The Bertz CT molecular complexity index is 1070. The first-order chi connectivity index (χ1) is 15.1. The van der Waals surface area contributed by atoms with Crippen molar-refractivity contribution in [2.75, 3.05) is 19.8 Å². The van der Waals surface area contributed by atoms with Crippen LogP contribution in [-0.4, -0.2) is 40.9 Å². The lowest BCUT2D eigenvalue weighted by Gasteiger charge is -2.28. The van der Waals surface area contributed by atoms with Crippen molar-refractivity contribution in [3.05, 3.63) is 64.3 Å². The topological polar surface area (TPSA) is 79.7 Å². The third-order valence-electron chi connectivity index (χ3n) is 5.29. The largest absolute Gasteiger partial charge is 0.494 e. The average molecular weight is 442 g/mol. The minimum atomic E-state index is -0.122. The van der Waals surface area contributed by atoms with Crippen LogP contribution in [0.1, 0.15) is 31.1 Å². The van der Waals surface area contributed by atoms with E-state index in [1.807, 2.05) is 48.2 Å². The molecule has 1 fully saturated rings. The smallest absolute Gasteiger partial charge is 0.253 e. The maximum atomic E-state index is 12.8. The summed E-state index contributed by atoms with van der Waals surface area (Å²) in [5, 5.41) is 4.73. The molecule has 0 bridgehead atoms. The van der Waals surface area contributed by atoms with Crippen molar-refractivity contribution < 1.29 is 13.9 Å². The molecular formula is C23H27N3O4S. The molecule has 2 N–H and O–H groups in total. The Morgan fingerprint density at radius 3 is 3.00 bits per heavy atom. The number of pyridine rings is 1. The van der Waals surface area contributed by atoms with E-state index in [9.17, 15) is 4.79 Å². The van der Waals surface area contributed by atoms with Gasteiger partial charge in [0.05, 0.1) is 32.1 Å². The minimum absolute atomic E-state index is 0.104. The normalized spacial score (nSPS) is 15.8. The number of benzene rings is 1. The number of ether oxygens (including phenoxy) is 2. The molecule has 0 unspecified atom stereocenters. The Hall–Kier alpha value is -2.84. The fourth-order valence-corrected chi connectivity index (χ4v) is 3.96. The van der Waals surface area contributed by atoms with Gasteiger partial charge < -0.3 is 29.1 Å². The van der Waals surface area contributed by atoms with E-state index in [0.717, 1.165) is 41.9 Å². The first-order valence-electron chi connectivity index (χ1n) is 10.6. The molecule has 2 aromatic heterocycles. The number of fused-ring (bicyclic) bond motifs is 1. The van der Waals surface area contributed by atoms with Crippen LogP contribution >= 0.6 is 12.2 Å². The van der Waals surface area contributed by atoms with Gasteiger partial charge in [-0.2, -0.15) is 0 Å². The summed E-state index contributed by atoms with van der Waals surface area (Å²) in [6.07, 6.45) is 3.77. The summed E-state index contributed by atoms with van der Waals surface area (Å²) in [6, 6.07) is 11.3. The second kappa shape index (κ2) is 9.98. The molecule has 31 heavy (non-hydrogen) atoms. The van der Waals surface area contributed by atoms with E-state index < -0.39 is 0 Å². The van der Waals surface area contributed by atoms with Gasteiger partial charge in [0.1, 0.15) is 11.5 Å². The van der Waals surface area contributed by atoms with E-state index in [-0.39, 0.29) is 11.7 Å². The summed E-state index contributed by atoms with van der Waals surface area (Å²) >= 11 is 5.66. The summed E-state index contributed by atoms with van der Waals surface area (Å²) < 4.78 is 16.8. The molecule has 0 spiro atoms. The van der Waals surface area contributed by atoms with E-state index >= 15 is 0 Å². The molecule has 7 nitrogen and oxygen atoms in total. The number of nitrogens with one attached hydrogen (secondary N) is 2. The summed E-state index contributed by atoms with van der Waals surface area (Å²) in [6.45, 7) is 4.80. The van der Waals surface area contributed by atoms with Crippen LogP contribution in [0.15, 0.2) is 51.9 Å². The molecule has 0 radical (unpaired) electrons. The van der Waals surface area contributed by atoms with Gasteiger partial charge in [0, 0.05) is 29.6 Å². The van der Waals surface area contributed by atoms with Gasteiger partial charge in [-0.25, -0.2) is 0 Å². The molecule has 1 aromatic carbocycles. The SMILES string of the molecule is CCOc1ccc2[nH]c(=O)c(CN(C[C@H]3CCCO3)C(=S)NCc3ccco3)cc2c1. The number of hydrogen-bond donors (Lipinski definition) is 2. The molecule has 4 rings (SSSR count). The fraction of sp³-hybridized carbons (Fsp3) is 0.391. The molecule has 1 atom stereocenters. The first kappa shape index (κ1) is 21.4. The highest BCUT2D eigenvalue weighted by Crippen LogP contribution is 2.20. The Balaban J connectivity index is 1.55. The fourth-order valence-electron chi connectivity index (χ4n) is 3.75. The Labute approximate surface area is 186 Å². The molecule has 3 aromatic rings. The van der Waals surface area contributed by atoms with Crippen LogP contribution in [0.2, 0.25) is 0 Å². The lowest BCUT2D eigenvalue weighted by Crippen LogP contribution is -2.43. The summed E-state index contributed by atoms with van der Waals surface area (Å²) in [7, 11) is 0. The first-order valence-corrected chi connectivity index (χ1v) is 11.0. The molecule has 1 aliphatic rings. The standard InChI is InChI=1S/C23H27N3O4S/c1-2-28-18-7-8-21-16(12-18)11-17(22(27)25-21)14-26(15-20-6-4-10-30-20)23(31)24-13-19-5-3-9-29-19/h3,5,7-9,11-12,20H,2,4,6,10,13-15H2,1H3,(H,24,31)(H,25,27)/t20-/m1/s1. The van der Waals surface area contributed by atoms with Gasteiger partial charge in [-0.1, -0.05) is 0 Å². The van der Waals surface area contributed by atoms with Crippen LogP contribution in [0.3, 0.4) is 0 Å². The number of rotatable bonds is 8. The van der Waals surface area contributed by atoms with Gasteiger partial charge in [0.15, 0.2) is 5.11 Å². The average Bonchev–Trinajstić information content (AvgIpc) is 3.46. The van der Waals surface area contributed by atoms with Crippen LogP contribution < -0.4 is 15.6 Å². The van der Waals surface area contributed by atoms with Gasteiger partial charge in [-0.15, -0.1) is 0 Å². The zero-order valence-electron chi connectivity index (χ0n) is 17.6. The molecule has 0 saturated carbocycles. The van der Waals surface area contributed by atoms with Crippen molar-refractivity contribution in [1.29, 1.82) is 0 Å². The number of hydrogen-bond acceptors (Lipinski definition) is 5. The molecule has 1 saturated heterocycles. The van der Waals surface area contributed by atoms with E-state index in [1.165, 1.54) is 0 Å². The molecule has 8 heteroatoms. The van der Waals surface area contributed by atoms with Crippen molar-refractivity contribution in [1.82, 2.24) is 15.2 Å². The van der Waals surface area contributed by atoms with Crippen LogP contribution in [-0.2, 0) is 17.8 Å². The van der Waals surface area contributed by atoms with Crippen molar-refractivity contribution in [3.63, 3.8) is 0 Å². The van der Waals surface area contributed by atoms with Crippen molar-refractivity contribution in [3.8, 4) is 5.75 Å². The number of furan rings is 1. The second-order valence-corrected chi connectivity index (χ2v) is 7.95. The van der Waals surface area contributed by atoms with Gasteiger partial charge in [-0.05, 0) is 68.4 Å². The second-order valence-electron chi connectivity index (χ2n) is 7.56. The highest BCUT2D eigenvalue weighted by atomic mass is 32.1. The molecule has 0 aliphatic carbocycles. The number of H-pyrrole nitrogens is 1. The third kappa shape index (κ3) is 5.45. The molecular weight excluding hydrogens is 414 g/mol. The number of aromatic amines is 1. The van der Waals surface area contributed by atoms with Gasteiger partial charge in [-0.3, -0.25) is 4.79 Å². The lowest BCUT2D eigenvalue weighted by molar-refractivity contribution is 0.0896. The summed E-state index contributed by atoms with van der Waals surface area (Å²) in [5.74, 6) is 1.58. The van der Waals surface area contributed by atoms with Crippen LogP contribution in [0, 0.1) is 0 Å². The molecule has 3 heterocycles. The highest BCUT2D eigenvalue weighted by molar-refractivity contribution is 7.80. The highest BCUT2D eigenvalue weighted by Gasteiger charge is 2.22. The predicted molar refractivity (Wildman–Crippen MR) is 123 cm³/mol. The number of aromatic nitrogens is 1. The third-order valence-corrected chi connectivity index (χ3v) is 5.70. The van der Waals surface area contributed by atoms with Gasteiger partial charge >= 0.3 is 0 Å². The van der Waals surface area contributed by atoms with Crippen molar-refractivity contribution in [2.24, 2.45) is 0 Å². The van der Waals surface area contributed by atoms with E-state index in [1.54, 1.807) is 6.26 Å². The van der Waals surface area contributed by atoms with E-state index in [0.29, 0.717) is 36.9 Å². The number of thiocarbonyl (C=S) groups is 1. The quantitative estimate of drug-likeness (QED) is 0.517. The molecule has 1 aliphatic heterocycles. The van der Waals surface area contributed by atoms with Crippen LogP contribution in [0.5, 0.6) is 5.75 Å². The van der Waals surface area contributed by atoms with E-state index in [4.69, 9.17) is 26.1 Å². The Morgan fingerprint density at radius 1 is 1.35 bits per heavy atom.